The molecule has 152 valence electrons. The van der Waals surface area contributed by atoms with Gasteiger partial charge in [0.25, 0.3) is 11.5 Å². The molecule has 0 aliphatic heterocycles. The summed E-state index contributed by atoms with van der Waals surface area (Å²) >= 11 is 0. The molecule has 1 heterocycles. The zero-order valence-electron chi connectivity index (χ0n) is 17.0. The number of benzene rings is 2. The molecule has 1 N–H and O–H groups in total. The normalized spacial score (nSPS) is 11.0. The van der Waals surface area contributed by atoms with Crippen LogP contribution >= 0.6 is 0 Å². The Hall–Kier alpha value is -3.19. The average molecular weight is 394 g/mol. The molecule has 0 atom stereocenters. The van der Waals surface area contributed by atoms with Crippen molar-refractivity contribution in [1.82, 2.24) is 20.0 Å². The number of carbonyl (C=O) groups is 1. The summed E-state index contributed by atoms with van der Waals surface area (Å²) in [5.41, 5.74) is 0.401. The van der Waals surface area contributed by atoms with Crippen molar-refractivity contribution in [1.29, 1.82) is 0 Å². The van der Waals surface area contributed by atoms with Gasteiger partial charge in [-0.1, -0.05) is 44.2 Å². The minimum atomic E-state index is -0.308. The first-order chi connectivity index (χ1) is 14.1. The van der Waals surface area contributed by atoms with E-state index in [1.807, 2.05) is 6.07 Å². The lowest BCUT2D eigenvalue weighted by atomic mass is 10.1. The fourth-order valence-electron chi connectivity index (χ4n) is 3.28. The van der Waals surface area contributed by atoms with Gasteiger partial charge in [0.15, 0.2) is 5.69 Å². The quantitative estimate of drug-likeness (QED) is 0.635. The molecule has 0 fully saturated rings. The van der Waals surface area contributed by atoms with Gasteiger partial charge in [0.2, 0.25) is 0 Å². The van der Waals surface area contributed by atoms with E-state index in [0.29, 0.717) is 28.8 Å². The Balaban J connectivity index is 2.04. The van der Waals surface area contributed by atoms with Crippen LogP contribution < -0.4 is 15.6 Å². The molecule has 1 aromatic heterocycles. The molecule has 0 spiro atoms. The van der Waals surface area contributed by atoms with Crippen molar-refractivity contribution in [2.75, 3.05) is 33.3 Å². The Morgan fingerprint density at radius 1 is 1.07 bits per heavy atom. The zero-order valence-corrected chi connectivity index (χ0v) is 17.0. The maximum atomic E-state index is 13.1. The minimum absolute atomic E-state index is 0.214. The second-order valence-electron chi connectivity index (χ2n) is 6.57. The number of aromatic nitrogens is 2. The van der Waals surface area contributed by atoms with Crippen LogP contribution in [0.2, 0.25) is 0 Å². The van der Waals surface area contributed by atoms with Crippen molar-refractivity contribution in [3.8, 4) is 11.4 Å². The Morgan fingerprint density at radius 3 is 2.41 bits per heavy atom. The molecular formula is C22H26N4O3. The number of amides is 1. The molecule has 0 unspecified atom stereocenters. The summed E-state index contributed by atoms with van der Waals surface area (Å²) in [5.74, 6) is 0.197. The van der Waals surface area contributed by atoms with Gasteiger partial charge in [0, 0.05) is 18.5 Å². The highest BCUT2D eigenvalue weighted by Crippen LogP contribution is 2.22. The molecule has 7 heteroatoms. The number of rotatable bonds is 8. The van der Waals surface area contributed by atoms with E-state index in [2.05, 4.69) is 29.2 Å². The molecule has 0 bridgehead atoms. The molecule has 29 heavy (non-hydrogen) atoms. The van der Waals surface area contributed by atoms with Crippen molar-refractivity contribution < 1.29 is 9.53 Å². The van der Waals surface area contributed by atoms with Gasteiger partial charge in [0.05, 0.1) is 12.5 Å². The van der Waals surface area contributed by atoms with Gasteiger partial charge in [-0.2, -0.15) is 9.78 Å². The van der Waals surface area contributed by atoms with E-state index < -0.39 is 0 Å². The largest absolute Gasteiger partial charge is 0.494 e. The average Bonchev–Trinajstić information content (AvgIpc) is 2.77. The van der Waals surface area contributed by atoms with Crippen LogP contribution in [0.4, 0.5) is 0 Å². The Kier molecular flexibility index (Phi) is 6.61. The van der Waals surface area contributed by atoms with E-state index in [-0.39, 0.29) is 17.2 Å². The number of nitrogens with zero attached hydrogens (tertiary/aromatic N) is 3. The van der Waals surface area contributed by atoms with Gasteiger partial charge in [-0.3, -0.25) is 9.59 Å². The summed E-state index contributed by atoms with van der Waals surface area (Å²) < 4.78 is 6.61. The number of ether oxygens (including phenoxy) is 1. The summed E-state index contributed by atoms with van der Waals surface area (Å²) in [6.45, 7) is 7.28. The molecule has 0 saturated heterocycles. The molecule has 0 aliphatic carbocycles. The van der Waals surface area contributed by atoms with Crippen LogP contribution in [-0.2, 0) is 0 Å². The highest BCUT2D eigenvalue weighted by molar-refractivity contribution is 6.04. The third-order valence-corrected chi connectivity index (χ3v) is 4.94. The van der Waals surface area contributed by atoms with Gasteiger partial charge >= 0.3 is 0 Å². The topological polar surface area (TPSA) is 76.5 Å². The van der Waals surface area contributed by atoms with Crippen LogP contribution in [-0.4, -0.2) is 53.9 Å². The standard InChI is InChI=1S/C22H26N4O3/c1-4-25(5-2)15-14-23-21(27)20-16-10-6-7-11-17(16)22(28)26(24-20)18-12-8-9-13-19(18)29-3/h6-13H,4-5,14-15H2,1-3H3,(H,23,27). The van der Waals surface area contributed by atoms with Crippen LogP contribution in [0.15, 0.2) is 53.3 Å². The number of carbonyl (C=O) groups excluding carboxylic acids is 1. The maximum absolute atomic E-state index is 13.1. The van der Waals surface area contributed by atoms with Gasteiger partial charge < -0.3 is 15.0 Å². The predicted octanol–water partition coefficient (Wildman–Crippen LogP) is 2.47. The summed E-state index contributed by atoms with van der Waals surface area (Å²) in [5, 5.41) is 8.31. The van der Waals surface area contributed by atoms with Crippen LogP contribution in [0.1, 0.15) is 24.3 Å². The number of hydrogen-bond donors (Lipinski definition) is 1. The lowest BCUT2D eigenvalue weighted by Gasteiger charge is -2.18. The fourth-order valence-corrected chi connectivity index (χ4v) is 3.28. The fraction of sp³-hybridized carbons (Fsp3) is 0.318. The van der Waals surface area contributed by atoms with Gasteiger partial charge in [-0.25, -0.2) is 0 Å². The van der Waals surface area contributed by atoms with Crippen LogP contribution in [0.25, 0.3) is 16.5 Å². The summed E-state index contributed by atoms with van der Waals surface area (Å²) in [6.07, 6.45) is 0. The van der Waals surface area contributed by atoms with E-state index in [9.17, 15) is 9.59 Å². The Labute approximate surface area is 169 Å². The molecule has 0 saturated carbocycles. The molecule has 3 rings (SSSR count). The first-order valence-corrected chi connectivity index (χ1v) is 9.76. The van der Waals surface area contributed by atoms with E-state index in [0.717, 1.165) is 19.6 Å². The smallest absolute Gasteiger partial charge is 0.279 e. The summed E-state index contributed by atoms with van der Waals surface area (Å²) in [7, 11) is 1.53. The van der Waals surface area contributed by atoms with Crippen molar-refractivity contribution >= 4 is 16.7 Å². The number of para-hydroxylation sites is 2. The van der Waals surface area contributed by atoms with E-state index >= 15 is 0 Å². The van der Waals surface area contributed by atoms with E-state index in [1.165, 1.54) is 11.8 Å². The summed E-state index contributed by atoms with van der Waals surface area (Å²) in [4.78, 5) is 28.2. The van der Waals surface area contributed by atoms with Crippen molar-refractivity contribution in [3.63, 3.8) is 0 Å². The molecule has 2 aromatic carbocycles. The highest BCUT2D eigenvalue weighted by Gasteiger charge is 2.18. The Morgan fingerprint density at radius 2 is 1.72 bits per heavy atom. The number of hydrogen-bond acceptors (Lipinski definition) is 5. The van der Waals surface area contributed by atoms with Crippen LogP contribution in [0, 0.1) is 0 Å². The summed E-state index contributed by atoms with van der Waals surface area (Å²) in [6, 6.07) is 14.1. The van der Waals surface area contributed by atoms with Gasteiger partial charge in [0.1, 0.15) is 11.4 Å². The first-order valence-electron chi connectivity index (χ1n) is 9.76. The predicted molar refractivity (Wildman–Crippen MR) is 114 cm³/mol. The number of likely N-dealkylation sites (N-methyl/N-ethyl adjacent to an activating group) is 1. The number of nitrogens with one attached hydrogen (secondary N) is 1. The van der Waals surface area contributed by atoms with E-state index in [4.69, 9.17) is 4.74 Å². The minimum Gasteiger partial charge on any atom is -0.494 e. The maximum Gasteiger partial charge on any atom is 0.279 e. The lowest BCUT2D eigenvalue weighted by molar-refractivity contribution is 0.0944. The van der Waals surface area contributed by atoms with Gasteiger partial charge in [-0.05, 0) is 31.3 Å². The van der Waals surface area contributed by atoms with Crippen LogP contribution in [0.5, 0.6) is 5.75 Å². The Bertz CT molecular complexity index is 1060. The molecule has 0 radical (unpaired) electrons. The van der Waals surface area contributed by atoms with Crippen molar-refractivity contribution in [2.45, 2.75) is 13.8 Å². The third-order valence-electron chi connectivity index (χ3n) is 4.94. The van der Waals surface area contributed by atoms with Gasteiger partial charge in [-0.15, -0.1) is 0 Å². The highest BCUT2D eigenvalue weighted by atomic mass is 16.5. The lowest BCUT2D eigenvalue weighted by Crippen LogP contribution is -2.36. The number of methoxy groups -OCH3 is 1. The van der Waals surface area contributed by atoms with Crippen molar-refractivity contribution in [2.24, 2.45) is 0 Å². The second-order valence-corrected chi connectivity index (χ2v) is 6.57. The molecular weight excluding hydrogens is 368 g/mol. The number of fused-ring (bicyclic) bond motifs is 1. The monoisotopic (exact) mass is 394 g/mol. The third kappa shape index (κ3) is 4.30. The zero-order chi connectivity index (χ0) is 20.8. The SMILES string of the molecule is CCN(CC)CCNC(=O)c1nn(-c2ccccc2OC)c(=O)c2ccccc12. The molecule has 3 aromatic rings. The molecule has 0 aliphatic rings. The first kappa shape index (κ1) is 20.5. The second kappa shape index (κ2) is 9.34. The molecule has 7 nitrogen and oxygen atoms in total. The molecule has 1 amide bonds. The van der Waals surface area contributed by atoms with Crippen LogP contribution in [0.3, 0.4) is 0 Å². The van der Waals surface area contributed by atoms with E-state index in [1.54, 1.807) is 42.5 Å². The van der Waals surface area contributed by atoms with Crippen molar-refractivity contribution in [3.05, 3.63) is 64.6 Å².